The van der Waals surface area contributed by atoms with Crippen molar-refractivity contribution in [2.45, 2.75) is 26.2 Å². The molecule has 16 heavy (non-hydrogen) atoms. The molecular weight excluding hydrogens is 200 g/mol. The molecule has 1 aliphatic heterocycles. The van der Waals surface area contributed by atoms with Crippen LogP contribution < -0.4 is 10.2 Å². The zero-order chi connectivity index (χ0) is 11.6. The topological polar surface area (TPSA) is 41.1 Å². The Bertz CT molecular complexity index is 333. The maximum atomic E-state index is 4.46. The molecule has 4 heteroatoms. The predicted octanol–water partition coefficient (Wildman–Crippen LogP) is 1.18. The Hall–Kier alpha value is -1.16. The van der Waals surface area contributed by atoms with Gasteiger partial charge in [-0.15, -0.1) is 0 Å². The van der Waals surface area contributed by atoms with Crippen LogP contribution in [-0.4, -0.2) is 36.1 Å². The van der Waals surface area contributed by atoms with Crippen molar-refractivity contribution in [3.63, 3.8) is 0 Å². The smallest absolute Gasteiger partial charge is 0.225 e. The lowest BCUT2D eigenvalue weighted by molar-refractivity contribution is 0.569. The fourth-order valence-electron chi connectivity index (χ4n) is 1.74. The highest BCUT2D eigenvalue weighted by Crippen LogP contribution is 2.21. The first-order valence-electron chi connectivity index (χ1n) is 5.85. The average Bonchev–Trinajstić information content (AvgIpc) is 2.29. The quantitative estimate of drug-likeness (QED) is 0.771. The van der Waals surface area contributed by atoms with E-state index >= 15 is 0 Å². The molecule has 0 unspecified atom stereocenters. The van der Waals surface area contributed by atoms with Crippen molar-refractivity contribution >= 4 is 5.95 Å². The number of nitrogens with zero attached hydrogens (tertiary/aromatic N) is 3. The van der Waals surface area contributed by atoms with Crippen LogP contribution in [0.25, 0.3) is 0 Å². The summed E-state index contributed by atoms with van der Waals surface area (Å²) in [5.41, 5.74) is 1.31. The van der Waals surface area contributed by atoms with Crippen LogP contribution in [0.3, 0.4) is 0 Å². The summed E-state index contributed by atoms with van der Waals surface area (Å²) in [6.07, 6.45) is 3.90. The molecule has 2 rings (SSSR count). The van der Waals surface area contributed by atoms with Gasteiger partial charge in [0.25, 0.3) is 0 Å². The van der Waals surface area contributed by atoms with E-state index in [9.17, 15) is 0 Å². The van der Waals surface area contributed by atoms with Gasteiger partial charge in [-0.25, -0.2) is 9.97 Å². The number of rotatable bonds is 1. The minimum Gasteiger partial charge on any atom is -0.338 e. The fourth-order valence-corrected chi connectivity index (χ4v) is 1.74. The molecule has 0 saturated carbocycles. The van der Waals surface area contributed by atoms with Crippen LogP contribution in [0.1, 0.15) is 26.3 Å². The van der Waals surface area contributed by atoms with Crippen molar-refractivity contribution < 1.29 is 0 Å². The van der Waals surface area contributed by atoms with Gasteiger partial charge < -0.3 is 10.2 Å². The minimum atomic E-state index is 0.127. The van der Waals surface area contributed by atoms with E-state index in [0.29, 0.717) is 0 Å². The number of piperazine rings is 1. The van der Waals surface area contributed by atoms with Crippen molar-refractivity contribution in [2.75, 3.05) is 31.1 Å². The molecule has 0 radical (unpaired) electrons. The van der Waals surface area contributed by atoms with Crippen LogP contribution in [0.4, 0.5) is 5.95 Å². The molecule has 0 amide bonds. The van der Waals surface area contributed by atoms with Crippen molar-refractivity contribution in [3.8, 4) is 0 Å². The number of hydrogen-bond donors (Lipinski definition) is 1. The van der Waals surface area contributed by atoms with E-state index in [0.717, 1.165) is 32.1 Å². The standard InChI is InChI=1S/C12H20N4/c1-12(2,3)10-8-14-11(15-9-10)16-6-4-13-5-7-16/h8-9,13H,4-7H2,1-3H3. The summed E-state index contributed by atoms with van der Waals surface area (Å²) in [5, 5.41) is 3.32. The molecule has 1 fully saturated rings. The molecule has 2 heterocycles. The van der Waals surface area contributed by atoms with Gasteiger partial charge in [0.2, 0.25) is 5.95 Å². The largest absolute Gasteiger partial charge is 0.338 e. The Morgan fingerprint density at radius 3 is 2.19 bits per heavy atom. The average molecular weight is 220 g/mol. The summed E-state index contributed by atoms with van der Waals surface area (Å²) in [6, 6.07) is 0. The van der Waals surface area contributed by atoms with Gasteiger partial charge in [0.1, 0.15) is 0 Å². The van der Waals surface area contributed by atoms with Crippen LogP contribution in [0, 0.1) is 0 Å². The van der Waals surface area contributed by atoms with E-state index in [1.54, 1.807) is 0 Å². The van der Waals surface area contributed by atoms with Crippen molar-refractivity contribution in [2.24, 2.45) is 0 Å². The van der Waals surface area contributed by atoms with Gasteiger partial charge in [-0.05, 0) is 11.0 Å². The first kappa shape index (κ1) is 11.3. The monoisotopic (exact) mass is 220 g/mol. The molecule has 0 aromatic carbocycles. The molecular formula is C12H20N4. The van der Waals surface area contributed by atoms with Gasteiger partial charge in [0, 0.05) is 38.6 Å². The summed E-state index contributed by atoms with van der Waals surface area (Å²) in [6.45, 7) is 10.6. The molecule has 1 saturated heterocycles. The summed E-state index contributed by atoms with van der Waals surface area (Å²) in [4.78, 5) is 11.1. The van der Waals surface area contributed by atoms with Gasteiger partial charge in [0.05, 0.1) is 0 Å². The Balaban J connectivity index is 2.12. The molecule has 88 valence electrons. The maximum absolute atomic E-state index is 4.46. The van der Waals surface area contributed by atoms with Crippen molar-refractivity contribution in [3.05, 3.63) is 18.0 Å². The SMILES string of the molecule is CC(C)(C)c1cnc(N2CCNCC2)nc1. The van der Waals surface area contributed by atoms with E-state index in [1.165, 1.54) is 5.56 Å². The molecule has 0 aliphatic carbocycles. The normalized spacial score (nSPS) is 17.6. The number of nitrogens with one attached hydrogen (secondary N) is 1. The first-order chi connectivity index (χ1) is 7.57. The lowest BCUT2D eigenvalue weighted by Crippen LogP contribution is -2.44. The first-order valence-corrected chi connectivity index (χ1v) is 5.85. The molecule has 0 bridgehead atoms. The Labute approximate surface area is 97.1 Å². The van der Waals surface area contributed by atoms with E-state index in [4.69, 9.17) is 0 Å². The Kier molecular flexibility index (Phi) is 3.10. The van der Waals surface area contributed by atoms with Gasteiger partial charge in [-0.3, -0.25) is 0 Å². The Morgan fingerprint density at radius 1 is 1.12 bits per heavy atom. The molecule has 1 N–H and O–H groups in total. The van der Waals surface area contributed by atoms with Gasteiger partial charge in [-0.2, -0.15) is 0 Å². The lowest BCUT2D eigenvalue weighted by atomic mass is 9.89. The van der Waals surface area contributed by atoms with Crippen LogP contribution in [0.2, 0.25) is 0 Å². The van der Waals surface area contributed by atoms with Gasteiger partial charge in [0.15, 0.2) is 0 Å². The van der Waals surface area contributed by atoms with E-state index in [-0.39, 0.29) is 5.41 Å². The third-order valence-electron chi connectivity index (χ3n) is 2.90. The van der Waals surface area contributed by atoms with E-state index in [1.807, 2.05) is 12.4 Å². The van der Waals surface area contributed by atoms with Crippen molar-refractivity contribution in [1.82, 2.24) is 15.3 Å². The van der Waals surface area contributed by atoms with Crippen molar-refractivity contribution in [1.29, 1.82) is 0 Å². The summed E-state index contributed by atoms with van der Waals surface area (Å²) >= 11 is 0. The van der Waals surface area contributed by atoms with E-state index < -0.39 is 0 Å². The van der Waals surface area contributed by atoms with Gasteiger partial charge >= 0.3 is 0 Å². The van der Waals surface area contributed by atoms with Crippen LogP contribution >= 0.6 is 0 Å². The lowest BCUT2D eigenvalue weighted by Gasteiger charge is -2.27. The number of anilines is 1. The zero-order valence-electron chi connectivity index (χ0n) is 10.3. The second-order valence-electron chi connectivity index (χ2n) is 5.26. The molecule has 1 aromatic heterocycles. The third-order valence-corrected chi connectivity index (χ3v) is 2.90. The highest BCUT2D eigenvalue weighted by atomic mass is 15.3. The fraction of sp³-hybridized carbons (Fsp3) is 0.667. The Morgan fingerprint density at radius 2 is 1.69 bits per heavy atom. The number of aromatic nitrogens is 2. The molecule has 4 nitrogen and oxygen atoms in total. The van der Waals surface area contributed by atoms with Gasteiger partial charge in [-0.1, -0.05) is 20.8 Å². The van der Waals surface area contributed by atoms with E-state index in [2.05, 4.69) is 41.0 Å². The van der Waals surface area contributed by atoms with Crippen LogP contribution in [-0.2, 0) is 5.41 Å². The molecule has 0 spiro atoms. The summed E-state index contributed by atoms with van der Waals surface area (Å²) < 4.78 is 0. The summed E-state index contributed by atoms with van der Waals surface area (Å²) in [7, 11) is 0. The second kappa shape index (κ2) is 4.37. The number of hydrogen-bond acceptors (Lipinski definition) is 4. The van der Waals surface area contributed by atoms with Crippen LogP contribution in [0.15, 0.2) is 12.4 Å². The highest BCUT2D eigenvalue weighted by molar-refractivity contribution is 5.32. The second-order valence-corrected chi connectivity index (χ2v) is 5.26. The third kappa shape index (κ3) is 2.50. The highest BCUT2D eigenvalue weighted by Gasteiger charge is 2.17. The van der Waals surface area contributed by atoms with Crippen LogP contribution in [0.5, 0.6) is 0 Å². The maximum Gasteiger partial charge on any atom is 0.225 e. The zero-order valence-corrected chi connectivity index (χ0v) is 10.3. The summed E-state index contributed by atoms with van der Waals surface area (Å²) in [5.74, 6) is 0.856. The molecule has 1 aromatic rings. The molecule has 0 atom stereocenters. The predicted molar refractivity (Wildman–Crippen MR) is 65.8 cm³/mol. The molecule has 1 aliphatic rings. The minimum absolute atomic E-state index is 0.127.